The summed E-state index contributed by atoms with van der Waals surface area (Å²) in [5.74, 6) is 1.47. The van der Waals surface area contributed by atoms with E-state index in [1.54, 1.807) is 21.1 Å². The Bertz CT molecular complexity index is 408. The first-order valence-electron chi connectivity index (χ1n) is 5.21. The number of ketones is 1. The van der Waals surface area contributed by atoms with E-state index in [4.69, 9.17) is 9.47 Å². The van der Waals surface area contributed by atoms with Crippen molar-refractivity contribution in [1.29, 1.82) is 0 Å². The molecule has 0 aromatic heterocycles. The molecule has 1 rings (SSSR count). The van der Waals surface area contributed by atoms with E-state index in [0.29, 0.717) is 17.9 Å². The quantitative estimate of drug-likeness (QED) is 0.785. The van der Waals surface area contributed by atoms with Crippen LogP contribution in [0.2, 0.25) is 0 Å². The summed E-state index contributed by atoms with van der Waals surface area (Å²) >= 11 is 0. The van der Waals surface area contributed by atoms with Gasteiger partial charge in [-0.1, -0.05) is 0 Å². The number of carbonyl (C=O) groups excluding carboxylic acids is 1. The maximum Gasteiger partial charge on any atom is 0.164 e. The Labute approximate surface area is 96.4 Å². The maximum absolute atomic E-state index is 11.2. The van der Waals surface area contributed by atoms with Crippen molar-refractivity contribution in [2.75, 3.05) is 14.2 Å². The van der Waals surface area contributed by atoms with Crippen LogP contribution in [0.3, 0.4) is 0 Å². The van der Waals surface area contributed by atoms with Gasteiger partial charge in [0.1, 0.15) is 5.78 Å². The second-order valence-electron chi connectivity index (χ2n) is 3.91. The first-order valence-corrected chi connectivity index (χ1v) is 5.21. The number of hydrogen-bond donors (Lipinski definition) is 0. The average molecular weight is 222 g/mol. The van der Waals surface area contributed by atoms with Crippen molar-refractivity contribution < 1.29 is 14.3 Å². The van der Waals surface area contributed by atoms with Crippen LogP contribution >= 0.6 is 0 Å². The van der Waals surface area contributed by atoms with E-state index >= 15 is 0 Å². The molecule has 3 nitrogen and oxygen atoms in total. The van der Waals surface area contributed by atoms with Crippen molar-refractivity contribution in [2.45, 2.75) is 27.2 Å². The van der Waals surface area contributed by atoms with Crippen LogP contribution in [-0.2, 0) is 11.2 Å². The van der Waals surface area contributed by atoms with Gasteiger partial charge in [0.25, 0.3) is 0 Å². The van der Waals surface area contributed by atoms with Crippen molar-refractivity contribution in [3.8, 4) is 11.5 Å². The molecule has 16 heavy (non-hydrogen) atoms. The minimum absolute atomic E-state index is 0.119. The molecule has 0 N–H and O–H groups in total. The summed E-state index contributed by atoms with van der Waals surface area (Å²) in [5, 5.41) is 0. The van der Waals surface area contributed by atoms with Crippen molar-refractivity contribution in [3.05, 3.63) is 22.8 Å². The number of carbonyl (C=O) groups is 1. The summed E-state index contributed by atoms with van der Waals surface area (Å²) in [6.07, 6.45) is 0.382. The molecule has 0 spiro atoms. The first-order chi connectivity index (χ1) is 7.51. The van der Waals surface area contributed by atoms with Crippen LogP contribution in [-0.4, -0.2) is 20.0 Å². The highest BCUT2D eigenvalue weighted by Crippen LogP contribution is 2.35. The second kappa shape index (κ2) is 5.01. The van der Waals surface area contributed by atoms with E-state index in [1.165, 1.54) is 0 Å². The zero-order valence-corrected chi connectivity index (χ0v) is 10.5. The molecule has 0 saturated heterocycles. The fourth-order valence-corrected chi connectivity index (χ4v) is 1.76. The van der Waals surface area contributed by atoms with Gasteiger partial charge >= 0.3 is 0 Å². The monoisotopic (exact) mass is 222 g/mol. The SMILES string of the molecule is COc1cc(C)c(C)c(CC(C)=O)c1OC. The molecule has 3 heteroatoms. The lowest BCUT2D eigenvalue weighted by Crippen LogP contribution is -2.05. The van der Waals surface area contributed by atoms with Crippen LogP contribution in [0.4, 0.5) is 0 Å². The molecule has 0 bridgehead atoms. The van der Waals surface area contributed by atoms with Crippen LogP contribution in [0.15, 0.2) is 6.07 Å². The van der Waals surface area contributed by atoms with Crippen LogP contribution in [0.5, 0.6) is 11.5 Å². The zero-order chi connectivity index (χ0) is 12.3. The number of rotatable bonds is 4. The van der Waals surface area contributed by atoms with Crippen molar-refractivity contribution in [1.82, 2.24) is 0 Å². The minimum atomic E-state index is 0.119. The minimum Gasteiger partial charge on any atom is -0.493 e. The Balaban J connectivity index is 3.40. The van der Waals surface area contributed by atoms with E-state index in [9.17, 15) is 4.79 Å². The Kier molecular flexibility index (Phi) is 3.93. The van der Waals surface area contributed by atoms with Crippen LogP contribution < -0.4 is 9.47 Å². The lowest BCUT2D eigenvalue weighted by Gasteiger charge is -2.16. The Morgan fingerprint density at radius 2 is 1.88 bits per heavy atom. The van der Waals surface area contributed by atoms with Crippen LogP contribution in [0.25, 0.3) is 0 Å². The van der Waals surface area contributed by atoms with Gasteiger partial charge in [-0.3, -0.25) is 4.79 Å². The van der Waals surface area contributed by atoms with Gasteiger partial charge in [-0.25, -0.2) is 0 Å². The summed E-state index contributed by atoms with van der Waals surface area (Å²) in [6, 6.07) is 1.93. The molecule has 1 aromatic carbocycles. The third-order valence-corrected chi connectivity index (χ3v) is 2.74. The standard InChI is InChI=1S/C13H18O3/c1-8-6-12(15-4)13(16-5)11(10(8)3)7-9(2)14/h6H,7H2,1-5H3. The molecule has 0 heterocycles. The normalized spacial score (nSPS) is 10.1. The molecule has 0 unspecified atom stereocenters. The van der Waals surface area contributed by atoms with Gasteiger partial charge in [-0.2, -0.15) is 0 Å². The number of Topliss-reactive ketones (excluding diaryl/α,β-unsaturated/α-hetero) is 1. The van der Waals surface area contributed by atoms with Gasteiger partial charge in [0.2, 0.25) is 0 Å². The Morgan fingerprint density at radius 1 is 1.25 bits per heavy atom. The van der Waals surface area contributed by atoms with Crippen LogP contribution in [0, 0.1) is 13.8 Å². The van der Waals surface area contributed by atoms with E-state index < -0.39 is 0 Å². The van der Waals surface area contributed by atoms with Gasteiger partial charge in [0.05, 0.1) is 14.2 Å². The molecule has 88 valence electrons. The second-order valence-corrected chi connectivity index (χ2v) is 3.91. The zero-order valence-electron chi connectivity index (χ0n) is 10.5. The summed E-state index contributed by atoms with van der Waals surface area (Å²) < 4.78 is 10.6. The van der Waals surface area contributed by atoms with Gasteiger partial charge < -0.3 is 9.47 Å². The molecular weight excluding hydrogens is 204 g/mol. The fraction of sp³-hybridized carbons (Fsp3) is 0.462. The summed E-state index contributed by atoms with van der Waals surface area (Å²) in [7, 11) is 3.19. The first kappa shape index (κ1) is 12.6. The van der Waals surface area contributed by atoms with Gasteiger partial charge in [0.15, 0.2) is 11.5 Å². The fourth-order valence-electron chi connectivity index (χ4n) is 1.76. The third-order valence-electron chi connectivity index (χ3n) is 2.74. The van der Waals surface area contributed by atoms with Crippen molar-refractivity contribution in [2.24, 2.45) is 0 Å². The number of hydrogen-bond acceptors (Lipinski definition) is 3. The molecule has 0 fully saturated rings. The summed E-state index contributed by atoms with van der Waals surface area (Å²) in [4.78, 5) is 11.2. The van der Waals surface area contributed by atoms with E-state index in [1.807, 2.05) is 19.9 Å². The van der Waals surface area contributed by atoms with E-state index in [0.717, 1.165) is 16.7 Å². The largest absolute Gasteiger partial charge is 0.493 e. The smallest absolute Gasteiger partial charge is 0.164 e. The molecule has 0 atom stereocenters. The van der Waals surface area contributed by atoms with Crippen molar-refractivity contribution >= 4 is 5.78 Å². The number of ether oxygens (including phenoxy) is 2. The molecular formula is C13H18O3. The van der Waals surface area contributed by atoms with Gasteiger partial charge in [-0.15, -0.1) is 0 Å². The predicted molar refractivity (Wildman–Crippen MR) is 63.4 cm³/mol. The van der Waals surface area contributed by atoms with Crippen LogP contribution in [0.1, 0.15) is 23.6 Å². The highest BCUT2D eigenvalue weighted by Gasteiger charge is 2.16. The number of benzene rings is 1. The third kappa shape index (κ3) is 2.35. The van der Waals surface area contributed by atoms with E-state index in [2.05, 4.69) is 0 Å². The summed E-state index contributed by atoms with van der Waals surface area (Å²) in [6.45, 7) is 5.57. The highest BCUT2D eigenvalue weighted by atomic mass is 16.5. The Morgan fingerprint density at radius 3 is 2.31 bits per heavy atom. The molecule has 0 aliphatic heterocycles. The maximum atomic E-state index is 11.2. The molecule has 0 radical (unpaired) electrons. The van der Waals surface area contributed by atoms with E-state index in [-0.39, 0.29) is 5.78 Å². The Hall–Kier alpha value is -1.51. The molecule has 1 aromatic rings. The summed E-state index contributed by atoms with van der Waals surface area (Å²) in [5.41, 5.74) is 3.12. The number of aryl methyl sites for hydroxylation is 1. The average Bonchev–Trinajstić information content (AvgIpc) is 2.23. The van der Waals surface area contributed by atoms with Crippen molar-refractivity contribution in [3.63, 3.8) is 0 Å². The lowest BCUT2D eigenvalue weighted by molar-refractivity contribution is -0.116. The molecule has 0 aliphatic rings. The lowest BCUT2D eigenvalue weighted by atomic mass is 9.97. The molecule has 0 saturated carbocycles. The topological polar surface area (TPSA) is 35.5 Å². The van der Waals surface area contributed by atoms with Gasteiger partial charge in [-0.05, 0) is 38.0 Å². The molecule has 0 aliphatic carbocycles. The number of methoxy groups -OCH3 is 2. The highest BCUT2D eigenvalue weighted by molar-refractivity contribution is 5.80. The molecule has 0 amide bonds. The van der Waals surface area contributed by atoms with Gasteiger partial charge in [0, 0.05) is 12.0 Å². The predicted octanol–water partition coefficient (Wildman–Crippen LogP) is 2.45.